The molecule has 0 aromatic carbocycles. The molecule has 0 fully saturated rings. The van der Waals surface area contributed by atoms with Gasteiger partial charge in [0.2, 0.25) is 0 Å². The topological polar surface area (TPSA) is 80.3 Å². The minimum Gasteiger partial charge on any atom is -0.596 e. The van der Waals surface area contributed by atoms with E-state index in [1.807, 2.05) is 0 Å². The zero-order valence-corrected chi connectivity index (χ0v) is 15.1. The number of rotatable bonds is 10. The second kappa shape index (κ2) is 21.0. The Morgan fingerprint density at radius 3 is 1.21 bits per heavy atom. The molecule has 0 amide bonds. The first kappa shape index (κ1) is 24.7. The van der Waals surface area contributed by atoms with E-state index in [1.165, 1.54) is 0 Å². The van der Waals surface area contributed by atoms with E-state index in [1.54, 1.807) is 0 Å². The van der Waals surface area contributed by atoms with Crippen LogP contribution in [0.3, 0.4) is 0 Å². The molecule has 0 spiro atoms. The van der Waals surface area contributed by atoms with Crippen LogP contribution < -0.4 is 9.79 Å². The minimum atomic E-state index is -2.12. The molecule has 4 nitrogen and oxygen atoms in total. The maximum absolute atomic E-state index is 10.00. The molecule has 0 saturated heterocycles. The molecule has 2 atom stereocenters. The Kier molecular flexibility index (Phi) is 27.2. The van der Waals surface area contributed by atoms with E-state index >= 15 is 0 Å². The van der Waals surface area contributed by atoms with Gasteiger partial charge in [-0.2, -0.15) is 0 Å². The van der Waals surface area contributed by atoms with E-state index in [2.05, 4.69) is 13.8 Å². The van der Waals surface area contributed by atoms with Crippen molar-refractivity contribution in [2.45, 2.75) is 65.2 Å². The summed E-state index contributed by atoms with van der Waals surface area (Å²) >= 11 is 0. The summed E-state index contributed by atoms with van der Waals surface area (Å²) in [6.07, 6.45) is 9.17. The van der Waals surface area contributed by atoms with Crippen molar-refractivity contribution in [1.29, 1.82) is 0 Å². The quantitative estimate of drug-likeness (QED) is 0.448. The molecule has 0 aromatic rings. The van der Waals surface area contributed by atoms with E-state index < -0.39 is 16.1 Å². The van der Waals surface area contributed by atoms with Crippen molar-refractivity contribution in [3.63, 3.8) is 0 Å². The third-order valence-electron chi connectivity index (χ3n) is 2.39. The van der Waals surface area contributed by atoms with Crippen molar-refractivity contribution >= 4 is 16.1 Å². The van der Waals surface area contributed by atoms with E-state index in [9.17, 15) is 18.9 Å². The fourth-order valence-corrected chi connectivity index (χ4v) is 2.30. The molecule has 0 bridgehead atoms. The largest absolute Gasteiger partial charge is 2.00 e. The first-order chi connectivity index (χ1) is 8.54. The van der Waals surface area contributed by atoms with Gasteiger partial charge in [-0.25, -0.2) is 0 Å². The summed E-state index contributed by atoms with van der Waals surface area (Å²) in [5, 5.41) is 0. The molecule has 0 N–H and O–H groups in total. The molecule has 0 aromatic heterocycles. The predicted octanol–water partition coefficient (Wildman–Crippen LogP) is 3.34. The van der Waals surface area contributed by atoms with Crippen LogP contribution in [0.5, 0.6) is 0 Å². The minimum absolute atomic E-state index is 0. The maximum Gasteiger partial charge on any atom is 2.00 e. The molecule has 0 aliphatic heterocycles. The summed E-state index contributed by atoms with van der Waals surface area (Å²) in [6, 6.07) is 0. The summed E-state index contributed by atoms with van der Waals surface area (Å²) in [7, 11) is -4.23. The van der Waals surface area contributed by atoms with Crippen molar-refractivity contribution in [3.05, 3.63) is 0 Å². The SMILES string of the molecule is CCCCCC[P+](=O)[O-].CCCCCC[P+](=O)[O-].[Cr+2]. The standard InChI is InChI=1S/2C6H13O2P.Cr/c2*1-2-3-4-5-6-9(7)8;/h2*2-6H2,1H3;/q;;+2. The number of hydrogen-bond acceptors (Lipinski definition) is 4. The van der Waals surface area contributed by atoms with Gasteiger partial charge in [0, 0.05) is 0 Å². The van der Waals surface area contributed by atoms with Crippen molar-refractivity contribution in [1.82, 2.24) is 0 Å². The Balaban J connectivity index is -0.000000256. The molecule has 2 unspecified atom stereocenters. The molecular weight excluding hydrogens is 322 g/mol. The van der Waals surface area contributed by atoms with Gasteiger partial charge in [0.25, 0.3) is 0 Å². The third kappa shape index (κ3) is 32.3. The van der Waals surface area contributed by atoms with Gasteiger partial charge in [0.15, 0.2) is 0 Å². The molecular formula is C12H26CrO4P2+2. The van der Waals surface area contributed by atoms with Crippen molar-refractivity contribution in [2.75, 3.05) is 12.3 Å². The van der Waals surface area contributed by atoms with Crippen LogP contribution >= 0.6 is 16.1 Å². The summed E-state index contributed by atoms with van der Waals surface area (Å²) in [5.41, 5.74) is 0. The van der Waals surface area contributed by atoms with Gasteiger partial charge in [0.05, 0.1) is 0 Å². The molecule has 0 heterocycles. The maximum atomic E-state index is 10.00. The Labute approximate surface area is 130 Å². The normalized spacial score (nSPS) is 10.9. The Morgan fingerprint density at radius 2 is 1.00 bits per heavy atom. The molecule has 0 radical (unpaired) electrons. The molecule has 0 aliphatic rings. The smallest absolute Gasteiger partial charge is 0.596 e. The van der Waals surface area contributed by atoms with Gasteiger partial charge < -0.3 is 9.79 Å². The molecule has 0 saturated carbocycles. The number of hydrogen-bond donors (Lipinski definition) is 0. The van der Waals surface area contributed by atoms with Crippen LogP contribution in [0.25, 0.3) is 0 Å². The monoisotopic (exact) mass is 348 g/mol. The zero-order chi connectivity index (χ0) is 14.2. The summed E-state index contributed by atoms with van der Waals surface area (Å²) < 4.78 is 20.0. The summed E-state index contributed by atoms with van der Waals surface area (Å²) in [4.78, 5) is 20.0. The van der Waals surface area contributed by atoms with Gasteiger partial charge in [-0.15, -0.1) is 0 Å². The third-order valence-corrected chi connectivity index (χ3v) is 3.75. The van der Waals surface area contributed by atoms with E-state index in [0.717, 1.165) is 51.4 Å². The van der Waals surface area contributed by atoms with E-state index in [4.69, 9.17) is 0 Å². The average molecular weight is 348 g/mol. The van der Waals surface area contributed by atoms with Crippen LogP contribution in [0.4, 0.5) is 0 Å². The van der Waals surface area contributed by atoms with Crippen LogP contribution in [0.2, 0.25) is 0 Å². The van der Waals surface area contributed by atoms with Crippen LogP contribution in [0.1, 0.15) is 65.2 Å². The number of unbranched alkanes of at least 4 members (excludes halogenated alkanes) is 6. The fourth-order valence-electron chi connectivity index (χ4n) is 1.34. The molecule has 112 valence electrons. The van der Waals surface area contributed by atoms with Gasteiger partial charge in [-0.05, 0) is 25.7 Å². The van der Waals surface area contributed by atoms with Gasteiger partial charge >= 0.3 is 33.4 Å². The van der Waals surface area contributed by atoms with E-state index in [-0.39, 0.29) is 17.4 Å². The Morgan fingerprint density at radius 1 is 0.684 bits per heavy atom. The van der Waals surface area contributed by atoms with Gasteiger partial charge in [-0.1, -0.05) is 48.7 Å². The molecule has 7 heteroatoms. The molecule has 19 heavy (non-hydrogen) atoms. The predicted molar refractivity (Wildman–Crippen MR) is 73.2 cm³/mol. The van der Waals surface area contributed by atoms with Gasteiger partial charge in [0.1, 0.15) is 12.3 Å². The van der Waals surface area contributed by atoms with Crippen LogP contribution in [-0.4, -0.2) is 12.3 Å². The fraction of sp³-hybridized carbons (Fsp3) is 1.00. The van der Waals surface area contributed by atoms with Gasteiger partial charge in [-0.3, -0.25) is 0 Å². The average Bonchev–Trinajstić information content (AvgIpc) is 2.31. The second-order valence-electron chi connectivity index (χ2n) is 4.23. The van der Waals surface area contributed by atoms with Crippen LogP contribution in [0.15, 0.2) is 0 Å². The van der Waals surface area contributed by atoms with Crippen molar-refractivity contribution < 1.29 is 36.3 Å². The van der Waals surface area contributed by atoms with E-state index in [0.29, 0.717) is 12.3 Å². The van der Waals surface area contributed by atoms with Crippen LogP contribution in [-0.2, 0) is 26.5 Å². The molecule has 0 aliphatic carbocycles. The molecule has 0 rings (SSSR count). The van der Waals surface area contributed by atoms with Crippen LogP contribution in [0, 0.1) is 0 Å². The Hall–Kier alpha value is 0.652. The van der Waals surface area contributed by atoms with Crippen molar-refractivity contribution in [3.8, 4) is 0 Å². The summed E-state index contributed by atoms with van der Waals surface area (Å²) in [6.45, 7) is 4.22. The first-order valence-corrected chi connectivity index (χ1v) is 9.50. The zero-order valence-electron chi connectivity index (χ0n) is 12.0. The summed E-state index contributed by atoms with van der Waals surface area (Å²) in [5.74, 6) is 0. The first-order valence-electron chi connectivity index (χ1n) is 6.78. The Bertz CT molecular complexity index is 194. The second-order valence-corrected chi connectivity index (χ2v) is 6.46. The van der Waals surface area contributed by atoms with Crippen molar-refractivity contribution in [2.24, 2.45) is 0 Å².